The van der Waals surface area contributed by atoms with Crippen molar-refractivity contribution in [3.8, 4) is 5.75 Å². The van der Waals surface area contributed by atoms with Crippen LogP contribution >= 0.6 is 11.6 Å². The maximum absolute atomic E-state index is 9.92. The Balaban J connectivity index is 1.84. The van der Waals surface area contributed by atoms with Crippen LogP contribution in [-0.4, -0.2) is 24.4 Å². The van der Waals surface area contributed by atoms with Crippen molar-refractivity contribution in [1.82, 2.24) is 5.32 Å². The summed E-state index contributed by atoms with van der Waals surface area (Å²) in [7, 11) is 1.60. The molecule has 1 saturated carbocycles. The largest absolute Gasteiger partial charge is 0.495 e. The molecule has 0 amide bonds. The Hall–Kier alpha value is -0.770. The first-order chi connectivity index (χ1) is 8.13. The van der Waals surface area contributed by atoms with Crippen molar-refractivity contribution in [3.05, 3.63) is 28.8 Å². The van der Waals surface area contributed by atoms with Gasteiger partial charge >= 0.3 is 0 Å². The third-order valence-electron chi connectivity index (χ3n) is 3.28. The number of benzene rings is 1. The van der Waals surface area contributed by atoms with Crippen LogP contribution in [-0.2, 0) is 6.54 Å². The molecule has 2 N–H and O–H groups in total. The van der Waals surface area contributed by atoms with Crippen LogP contribution in [0.15, 0.2) is 18.2 Å². The molecule has 3 nitrogen and oxygen atoms in total. The van der Waals surface area contributed by atoms with E-state index < -0.39 is 5.60 Å². The monoisotopic (exact) mass is 255 g/mol. The Bertz CT molecular complexity index is 391. The first kappa shape index (κ1) is 12.7. The Labute approximate surface area is 107 Å². The Morgan fingerprint density at radius 3 is 2.76 bits per heavy atom. The van der Waals surface area contributed by atoms with Gasteiger partial charge in [0.15, 0.2) is 0 Å². The lowest BCUT2D eigenvalue weighted by Crippen LogP contribution is -2.45. The van der Waals surface area contributed by atoms with Crippen LogP contribution in [0.3, 0.4) is 0 Å². The minimum absolute atomic E-state index is 0.476. The lowest BCUT2D eigenvalue weighted by Gasteiger charge is -2.36. The molecule has 1 aromatic rings. The molecule has 0 atom stereocenters. The first-order valence-corrected chi connectivity index (χ1v) is 6.26. The van der Waals surface area contributed by atoms with E-state index in [1.54, 1.807) is 7.11 Å². The number of aliphatic hydroxyl groups is 1. The van der Waals surface area contributed by atoms with Gasteiger partial charge in [-0.1, -0.05) is 17.7 Å². The van der Waals surface area contributed by atoms with E-state index in [4.69, 9.17) is 16.3 Å². The quantitative estimate of drug-likeness (QED) is 0.849. The number of ether oxygens (including phenoxy) is 1. The van der Waals surface area contributed by atoms with Crippen LogP contribution in [0.4, 0.5) is 0 Å². The molecule has 1 aliphatic rings. The summed E-state index contributed by atoms with van der Waals surface area (Å²) in [5.41, 5.74) is 0.620. The van der Waals surface area contributed by atoms with Gasteiger partial charge in [0.25, 0.3) is 0 Å². The van der Waals surface area contributed by atoms with Crippen LogP contribution in [0.2, 0.25) is 5.02 Å². The van der Waals surface area contributed by atoms with E-state index in [9.17, 15) is 5.11 Å². The maximum Gasteiger partial charge on any atom is 0.137 e. The molecule has 0 bridgehead atoms. The van der Waals surface area contributed by atoms with E-state index in [1.807, 2.05) is 18.2 Å². The highest BCUT2D eigenvalue weighted by Crippen LogP contribution is 2.30. The lowest BCUT2D eigenvalue weighted by atomic mass is 9.80. The average molecular weight is 256 g/mol. The second-order valence-electron chi connectivity index (χ2n) is 4.65. The van der Waals surface area contributed by atoms with Gasteiger partial charge in [0, 0.05) is 13.1 Å². The van der Waals surface area contributed by atoms with Gasteiger partial charge in [-0.05, 0) is 37.0 Å². The number of halogens is 1. The summed E-state index contributed by atoms with van der Waals surface area (Å²) >= 11 is 6.03. The van der Waals surface area contributed by atoms with E-state index in [1.165, 1.54) is 0 Å². The zero-order chi connectivity index (χ0) is 12.3. The molecule has 0 radical (unpaired) electrons. The molecule has 0 unspecified atom stereocenters. The fourth-order valence-corrected chi connectivity index (χ4v) is 2.30. The van der Waals surface area contributed by atoms with Crippen LogP contribution in [0.5, 0.6) is 5.75 Å². The van der Waals surface area contributed by atoms with Gasteiger partial charge in [-0.2, -0.15) is 0 Å². The Kier molecular flexibility index (Phi) is 3.92. The minimum atomic E-state index is -0.476. The fraction of sp³-hybridized carbons (Fsp3) is 0.538. The van der Waals surface area contributed by atoms with E-state index >= 15 is 0 Å². The number of nitrogens with one attached hydrogen (secondary N) is 1. The smallest absolute Gasteiger partial charge is 0.137 e. The third-order valence-corrected chi connectivity index (χ3v) is 3.58. The SMILES string of the molecule is COc1ccc(CNCC2(O)CCC2)cc1Cl. The van der Waals surface area contributed by atoms with E-state index in [2.05, 4.69) is 5.32 Å². The summed E-state index contributed by atoms with van der Waals surface area (Å²) in [5.74, 6) is 0.688. The number of hydrogen-bond acceptors (Lipinski definition) is 3. The summed E-state index contributed by atoms with van der Waals surface area (Å²) in [6, 6.07) is 5.72. The van der Waals surface area contributed by atoms with Crippen molar-refractivity contribution >= 4 is 11.6 Å². The van der Waals surface area contributed by atoms with Crippen LogP contribution < -0.4 is 10.1 Å². The molecule has 1 fully saturated rings. The minimum Gasteiger partial charge on any atom is -0.495 e. The van der Waals surface area contributed by atoms with Gasteiger partial charge in [-0.15, -0.1) is 0 Å². The third kappa shape index (κ3) is 3.12. The molecular formula is C13H18ClNO2. The fourth-order valence-electron chi connectivity index (χ4n) is 2.02. The van der Waals surface area contributed by atoms with E-state index in [-0.39, 0.29) is 0 Å². The van der Waals surface area contributed by atoms with Gasteiger partial charge in [0.1, 0.15) is 5.75 Å². The zero-order valence-corrected chi connectivity index (χ0v) is 10.8. The summed E-state index contributed by atoms with van der Waals surface area (Å²) in [4.78, 5) is 0. The molecule has 0 spiro atoms. The average Bonchev–Trinajstić information content (AvgIpc) is 2.27. The molecule has 0 saturated heterocycles. The molecule has 1 aliphatic carbocycles. The molecule has 0 heterocycles. The molecule has 0 aromatic heterocycles. The van der Waals surface area contributed by atoms with Crippen molar-refractivity contribution in [2.75, 3.05) is 13.7 Å². The Morgan fingerprint density at radius 2 is 2.24 bits per heavy atom. The van der Waals surface area contributed by atoms with Crippen LogP contribution in [0, 0.1) is 0 Å². The molecule has 0 aliphatic heterocycles. The summed E-state index contributed by atoms with van der Waals surface area (Å²) in [5, 5.41) is 13.8. The standard InChI is InChI=1S/C13H18ClNO2/c1-17-12-4-3-10(7-11(12)14)8-15-9-13(16)5-2-6-13/h3-4,7,15-16H,2,5-6,8-9H2,1H3. The normalized spacial score (nSPS) is 17.6. The highest BCUT2D eigenvalue weighted by molar-refractivity contribution is 6.32. The molecule has 2 rings (SSSR count). The van der Waals surface area contributed by atoms with Gasteiger partial charge in [-0.25, -0.2) is 0 Å². The van der Waals surface area contributed by atoms with Crippen molar-refractivity contribution in [2.45, 2.75) is 31.4 Å². The van der Waals surface area contributed by atoms with E-state index in [0.717, 1.165) is 24.8 Å². The first-order valence-electron chi connectivity index (χ1n) is 5.88. The molecular weight excluding hydrogens is 238 g/mol. The van der Waals surface area contributed by atoms with Crippen molar-refractivity contribution in [1.29, 1.82) is 0 Å². The van der Waals surface area contributed by atoms with Gasteiger partial charge in [0.2, 0.25) is 0 Å². The number of rotatable bonds is 5. The summed E-state index contributed by atoms with van der Waals surface area (Å²) in [6.45, 7) is 1.36. The van der Waals surface area contributed by atoms with E-state index in [0.29, 0.717) is 23.9 Å². The Morgan fingerprint density at radius 1 is 1.47 bits per heavy atom. The molecule has 17 heavy (non-hydrogen) atoms. The van der Waals surface area contributed by atoms with Crippen LogP contribution in [0.1, 0.15) is 24.8 Å². The van der Waals surface area contributed by atoms with Crippen molar-refractivity contribution < 1.29 is 9.84 Å². The summed E-state index contributed by atoms with van der Waals surface area (Å²) < 4.78 is 5.09. The predicted molar refractivity (Wildman–Crippen MR) is 68.5 cm³/mol. The molecule has 4 heteroatoms. The van der Waals surface area contributed by atoms with Gasteiger partial charge in [-0.3, -0.25) is 0 Å². The number of hydrogen-bond donors (Lipinski definition) is 2. The maximum atomic E-state index is 9.92. The van der Waals surface area contributed by atoms with Crippen molar-refractivity contribution in [2.24, 2.45) is 0 Å². The second-order valence-corrected chi connectivity index (χ2v) is 5.06. The topological polar surface area (TPSA) is 41.5 Å². The molecule has 1 aromatic carbocycles. The summed E-state index contributed by atoms with van der Waals surface area (Å²) in [6.07, 6.45) is 2.94. The zero-order valence-electron chi connectivity index (χ0n) is 10.0. The molecule has 94 valence electrons. The lowest BCUT2D eigenvalue weighted by molar-refractivity contribution is -0.0314. The highest BCUT2D eigenvalue weighted by Gasteiger charge is 2.33. The van der Waals surface area contributed by atoms with Crippen molar-refractivity contribution in [3.63, 3.8) is 0 Å². The second kappa shape index (κ2) is 5.25. The van der Waals surface area contributed by atoms with Crippen LogP contribution in [0.25, 0.3) is 0 Å². The number of methoxy groups -OCH3 is 1. The van der Waals surface area contributed by atoms with Gasteiger partial charge in [0.05, 0.1) is 17.7 Å². The highest BCUT2D eigenvalue weighted by atomic mass is 35.5. The predicted octanol–water partition coefficient (Wildman–Crippen LogP) is 2.35. The van der Waals surface area contributed by atoms with Gasteiger partial charge < -0.3 is 15.2 Å².